The van der Waals surface area contributed by atoms with Gasteiger partial charge in [-0.05, 0) is 91.7 Å². The van der Waals surface area contributed by atoms with Gasteiger partial charge in [0.05, 0.1) is 52.6 Å². The van der Waals surface area contributed by atoms with E-state index in [2.05, 4.69) is 25.7 Å². The van der Waals surface area contributed by atoms with Crippen molar-refractivity contribution in [2.45, 2.75) is 181 Å². The Kier molecular flexibility index (Phi) is 47.6. The number of ether oxygens (including phenoxy) is 2. The molecule has 0 aliphatic carbocycles. The molecule has 0 saturated carbocycles. The minimum atomic E-state index is -4.27. The number of nitrogens with one attached hydrogen (secondary N) is 1. The lowest BCUT2D eigenvalue weighted by Gasteiger charge is -2.22. The third-order valence-electron chi connectivity index (χ3n) is 9.83. The highest BCUT2D eigenvalue weighted by molar-refractivity contribution is 8.24. The summed E-state index contributed by atoms with van der Waals surface area (Å²) >= 11 is 4.31. The zero-order valence-electron chi connectivity index (χ0n) is 42.2. The molecule has 2 aromatic rings. The Morgan fingerprint density at radius 1 is 0.727 bits per heavy atom. The van der Waals surface area contributed by atoms with E-state index in [4.69, 9.17) is 34.0 Å². The number of hydrogen-bond acceptors (Lipinski definition) is 13. The molecule has 1 saturated heterocycles. The number of aromatic nitrogens is 1. The molecule has 0 spiro atoms. The molecule has 1 aliphatic rings. The van der Waals surface area contributed by atoms with Gasteiger partial charge in [-0.1, -0.05) is 114 Å². The van der Waals surface area contributed by atoms with Crippen LogP contribution in [-0.4, -0.2) is 84.2 Å². The van der Waals surface area contributed by atoms with Crippen LogP contribution in [0.5, 0.6) is 0 Å². The maximum absolute atomic E-state index is 12.3. The van der Waals surface area contributed by atoms with E-state index in [-0.39, 0.29) is 11.2 Å². The number of aromatic amines is 1. The van der Waals surface area contributed by atoms with E-state index >= 15 is 0 Å². The Balaban J connectivity index is 0. The summed E-state index contributed by atoms with van der Waals surface area (Å²) in [6.07, 6.45) is 29.5. The number of aryl methyl sites for hydroxylation is 1. The Bertz CT molecular complexity index is 1550. The lowest BCUT2D eigenvalue weighted by atomic mass is 10.1. The number of unbranched alkanes of at least 4 members (excludes halogenated alkanes) is 16. The summed E-state index contributed by atoms with van der Waals surface area (Å²) in [5.41, 5.74) is 0.928. The van der Waals surface area contributed by atoms with Gasteiger partial charge in [0.25, 0.3) is 0 Å². The van der Waals surface area contributed by atoms with E-state index in [1.165, 1.54) is 95.6 Å². The van der Waals surface area contributed by atoms with Gasteiger partial charge in [0.15, 0.2) is 37.5 Å². The molecule has 2 heterocycles. The molecule has 3 atom stereocenters. The van der Waals surface area contributed by atoms with Gasteiger partial charge in [0.1, 0.15) is 10.1 Å². The molecule has 0 bridgehead atoms. The number of benzene rings is 1. The quantitative estimate of drug-likeness (QED) is 0.0405. The second-order valence-electron chi connectivity index (χ2n) is 15.5. The van der Waals surface area contributed by atoms with Crippen molar-refractivity contribution in [2.24, 2.45) is 0 Å². The van der Waals surface area contributed by atoms with Crippen molar-refractivity contribution in [3.63, 3.8) is 0 Å². The number of aliphatic hydroxyl groups excluding tert-OH is 1. The smallest absolute Gasteiger partial charge is 0.355 e. The molecule has 66 heavy (non-hydrogen) atoms. The SMILES string of the molecule is CCOP(=O)(CCCCCCCCCCCO)OCC.CCOP(=O)(CCCCCCCCCCCOC1CCCCO1)OCC.Cc1ccc(S(=O)(=O)[O-])cc1.[3H][P+](P)=S.c1cc[nH+]cc1. The summed E-state index contributed by atoms with van der Waals surface area (Å²) in [6.45, 7) is 12.2. The molecule has 0 amide bonds. The van der Waals surface area contributed by atoms with Crippen LogP contribution in [0, 0.1) is 6.92 Å². The summed E-state index contributed by atoms with van der Waals surface area (Å²) in [4.78, 5) is 2.71. The van der Waals surface area contributed by atoms with Gasteiger partial charge in [-0.15, -0.1) is 0 Å². The van der Waals surface area contributed by atoms with Gasteiger partial charge < -0.3 is 37.2 Å². The molecule has 2 N–H and O–H groups in total. The topological polar surface area (TPSA) is 181 Å². The first-order valence-corrected chi connectivity index (χ1v) is 32.8. The van der Waals surface area contributed by atoms with Gasteiger partial charge in [0.2, 0.25) is 0 Å². The Morgan fingerprint density at radius 3 is 1.44 bits per heavy atom. The van der Waals surface area contributed by atoms with E-state index in [1.807, 2.05) is 65.2 Å². The summed E-state index contributed by atoms with van der Waals surface area (Å²) in [7, 11) is -7.71. The van der Waals surface area contributed by atoms with Gasteiger partial charge in [0, 0.05) is 32.0 Å². The summed E-state index contributed by atoms with van der Waals surface area (Å²) < 4.78 is 94.6. The van der Waals surface area contributed by atoms with Crippen LogP contribution in [0.1, 0.15) is 168 Å². The minimum absolute atomic E-state index is 0.0597. The number of rotatable bonds is 33. The number of H-pyrrole nitrogens is 1. The van der Waals surface area contributed by atoms with Crippen LogP contribution in [-0.2, 0) is 58.6 Å². The fourth-order valence-electron chi connectivity index (χ4n) is 6.52. The van der Waals surface area contributed by atoms with E-state index in [0.717, 1.165) is 70.1 Å². The van der Waals surface area contributed by atoms with E-state index in [0.29, 0.717) is 45.4 Å². The van der Waals surface area contributed by atoms with Crippen LogP contribution in [0.2, 0.25) is 0 Å². The molecule has 1 aliphatic heterocycles. The second kappa shape index (κ2) is 48.1. The minimum Gasteiger partial charge on any atom is -0.744 e. The van der Waals surface area contributed by atoms with Crippen LogP contribution >= 0.6 is 31.1 Å². The van der Waals surface area contributed by atoms with Crippen LogP contribution in [0.4, 0.5) is 0 Å². The van der Waals surface area contributed by atoms with E-state index in [9.17, 15) is 22.1 Å². The summed E-state index contributed by atoms with van der Waals surface area (Å²) in [6, 6.07) is 11.6. The molecular weight excluding hydrogens is 959 g/mol. The summed E-state index contributed by atoms with van der Waals surface area (Å²) in [5.74, 6) is 0. The van der Waals surface area contributed by atoms with E-state index < -0.39 is 32.3 Å². The average molecular weight is 1050 g/mol. The van der Waals surface area contributed by atoms with Crippen molar-refractivity contribution in [1.29, 1.82) is 1.28 Å². The molecule has 3 unspecified atom stereocenters. The number of pyridine rings is 1. The fourth-order valence-corrected chi connectivity index (χ4v) is 10.5. The predicted molar refractivity (Wildman–Crippen MR) is 279 cm³/mol. The Morgan fingerprint density at radius 2 is 1.12 bits per heavy atom. The van der Waals surface area contributed by atoms with Crippen molar-refractivity contribution < 1.29 is 59.8 Å². The highest BCUT2D eigenvalue weighted by Gasteiger charge is 2.23. The molecule has 386 valence electrons. The third-order valence-corrected chi connectivity index (χ3v) is 15.0. The number of aliphatic hydroxyl groups is 1. The first-order chi connectivity index (χ1) is 32.1. The van der Waals surface area contributed by atoms with Crippen molar-refractivity contribution >= 4 is 53.0 Å². The number of hydrogen-bond donors (Lipinski definition) is 1. The molecule has 1 fully saturated rings. The van der Waals surface area contributed by atoms with Crippen molar-refractivity contribution in [3.05, 3.63) is 60.4 Å². The first-order valence-electron chi connectivity index (χ1n) is 24.8. The Labute approximate surface area is 411 Å². The molecule has 3 rings (SSSR count). The first kappa shape index (κ1) is 65.4. The van der Waals surface area contributed by atoms with Crippen LogP contribution in [0.15, 0.2) is 59.8 Å². The maximum Gasteiger partial charge on any atom is 0.355 e. The molecule has 19 heteroatoms. The van der Waals surface area contributed by atoms with Gasteiger partial charge >= 0.3 is 16.5 Å². The highest BCUT2D eigenvalue weighted by atomic mass is 32.6. The second-order valence-corrected chi connectivity index (χ2v) is 24.0. The Hall–Kier alpha value is -0.590. The van der Waals surface area contributed by atoms with Gasteiger partial charge in [-0.25, -0.2) is 13.4 Å². The lowest BCUT2D eigenvalue weighted by Crippen LogP contribution is -2.22. The normalized spacial score (nSPS) is 14.2. The molecule has 13 nitrogen and oxygen atoms in total. The molecule has 1 aromatic heterocycles. The maximum atomic E-state index is 12.3. The average Bonchev–Trinajstić information content (AvgIpc) is 3.29. The van der Waals surface area contributed by atoms with Crippen molar-refractivity contribution in [1.82, 2.24) is 0 Å². The van der Waals surface area contributed by atoms with Crippen molar-refractivity contribution in [2.75, 3.05) is 58.6 Å². The van der Waals surface area contributed by atoms with Crippen LogP contribution in [0.25, 0.3) is 0 Å². The zero-order valence-corrected chi connectivity index (χ0v) is 46.6. The largest absolute Gasteiger partial charge is 0.744 e. The molecule has 0 radical (unpaired) electrons. The standard InChI is InChI=1S/C20H41O5P.C15H33O4P.C7H8O3S.C5H5N.H2P2S/c1-3-24-26(21,25-4-2)19-15-11-9-7-5-6-8-10-13-17-22-20-16-12-14-18-23-20;1-3-18-20(17,19-4-2)15-13-11-9-7-5-6-8-10-12-14-16;1-6-2-4-7(5-3-6)11(8,9)10;1-2-4-6-5-3-1;1-2-3/h20H,3-19H2,1-2H3;16H,3-15H2,1-2H3;2-5H,1H3,(H,8,9,10);1-5H;1H2/p+1/i/hT. The lowest BCUT2D eigenvalue weighted by molar-refractivity contribution is -0.377. The van der Waals surface area contributed by atoms with Crippen LogP contribution < -0.4 is 4.98 Å². The van der Waals surface area contributed by atoms with Gasteiger partial charge in [-0.3, -0.25) is 9.13 Å². The third kappa shape index (κ3) is 44.6. The predicted octanol–water partition coefficient (Wildman–Crippen LogP) is 13.4. The van der Waals surface area contributed by atoms with Gasteiger partial charge in [-0.2, -0.15) is 0 Å². The monoisotopic (exact) mass is 1050 g/mol. The van der Waals surface area contributed by atoms with Crippen LogP contribution in [0.3, 0.4) is 0 Å². The molecule has 1 aromatic carbocycles. The van der Waals surface area contributed by atoms with Crippen molar-refractivity contribution in [3.8, 4) is 0 Å². The highest BCUT2D eigenvalue weighted by Crippen LogP contribution is 2.49. The fraction of sp³-hybridized carbons (Fsp3) is 0.766. The van der Waals surface area contributed by atoms with E-state index in [1.54, 1.807) is 12.1 Å². The zero-order chi connectivity index (χ0) is 50.3. The summed E-state index contributed by atoms with van der Waals surface area (Å²) in [5, 5.41) is 8.66. The molecular formula is C47H90NO12P4S2+.